The second kappa shape index (κ2) is 4.66. The molecule has 100 valence electrons. The Morgan fingerprint density at radius 1 is 1.26 bits per heavy atom. The Balaban J connectivity index is 2.07. The second-order valence-electron chi connectivity index (χ2n) is 5.28. The van der Waals surface area contributed by atoms with Crippen molar-refractivity contribution in [3.05, 3.63) is 24.5 Å². The molecule has 2 aromatic rings. The predicted octanol–water partition coefficient (Wildman–Crippen LogP) is 1.35. The zero-order valence-corrected chi connectivity index (χ0v) is 11.4. The van der Waals surface area contributed by atoms with Crippen molar-refractivity contribution in [1.29, 1.82) is 0 Å². The number of nitrogens with zero attached hydrogens (tertiary/aromatic N) is 4. The highest BCUT2D eigenvalue weighted by Crippen LogP contribution is 2.27. The fourth-order valence-corrected chi connectivity index (χ4v) is 2.74. The van der Waals surface area contributed by atoms with Crippen LogP contribution in [-0.2, 0) is 0 Å². The van der Waals surface area contributed by atoms with Gasteiger partial charge in [0.15, 0.2) is 0 Å². The number of nitrogen functional groups attached to an aromatic ring is 1. The molecule has 1 unspecified atom stereocenters. The van der Waals surface area contributed by atoms with Gasteiger partial charge in [-0.3, -0.25) is 0 Å². The summed E-state index contributed by atoms with van der Waals surface area (Å²) in [5.74, 6) is 0.998. The van der Waals surface area contributed by atoms with Gasteiger partial charge < -0.3 is 15.5 Å². The summed E-state index contributed by atoms with van der Waals surface area (Å²) < 4.78 is 0. The normalized spacial score (nSPS) is 20.9. The Labute approximate surface area is 113 Å². The predicted molar refractivity (Wildman–Crippen MR) is 78.3 cm³/mol. The first-order valence-electron chi connectivity index (χ1n) is 6.60. The topological polar surface area (TPSA) is 58.3 Å². The van der Waals surface area contributed by atoms with Gasteiger partial charge in [0.25, 0.3) is 0 Å². The van der Waals surface area contributed by atoms with Gasteiger partial charge in [-0.05, 0) is 32.2 Å². The lowest BCUT2D eigenvalue weighted by molar-refractivity contribution is 0.275. The van der Waals surface area contributed by atoms with E-state index in [1.165, 1.54) is 0 Å². The van der Waals surface area contributed by atoms with Gasteiger partial charge in [0.1, 0.15) is 12.1 Å². The third-order valence-electron chi connectivity index (χ3n) is 3.74. The lowest BCUT2D eigenvalue weighted by Crippen LogP contribution is -2.50. The molecule has 1 saturated heterocycles. The largest absolute Gasteiger partial charge is 0.399 e. The van der Waals surface area contributed by atoms with Crippen molar-refractivity contribution in [1.82, 2.24) is 14.9 Å². The number of nitrogens with two attached hydrogens (primary N) is 1. The average molecular weight is 257 g/mol. The van der Waals surface area contributed by atoms with Gasteiger partial charge in [-0.1, -0.05) is 0 Å². The minimum absolute atomic E-state index is 0.443. The van der Waals surface area contributed by atoms with Gasteiger partial charge in [0, 0.05) is 36.7 Å². The number of anilines is 2. The summed E-state index contributed by atoms with van der Waals surface area (Å²) >= 11 is 0. The summed E-state index contributed by atoms with van der Waals surface area (Å²) in [6.07, 6.45) is 1.64. The monoisotopic (exact) mass is 257 g/mol. The summed E-state index contributed by atoms with van der Waals surface area (Å²) in [7, 11) is 2.16. The highest BCUT2D eigenvalue weighted by atomic mass is 15.3. The van der Waals surface area contributed by atoms with Crippen LogP contribution in [0.2, 0.25) is 0 Å². The van der Waals surface area contributed by atoms with Gasteiger partial charge >= 0.3 is 0 Å². The number of hydrogen-bond donors (Lipinski definition) is 1. The van der Waals surface area contributed by atoms with Crippen LogP contribution >= 0.6 is 0 Å². The Morgan fingerprint density at radius 2 is 2.11 bits per heavy atom. The van der Waals surface area contributed by atoms with Gasteiger partial charge in [-0.25, -0.2) is 9.97 Å². The van der Waals surface area contributed by atoms with Crippen molar-refractivity contribution >= 4 is 22.4 Å². The van der Waals surface area contributed by atoms with Crippen LogP contribution in [0.1, 0.15) is 6.92 Å². The van der Waals surface area contributed by atoms with Crippen molar-refractivity contribution in [3.63, 3.8) is 0 Å². The molecule has 1 aromatic carbocycles. The first kappa shape index (κ1) is 12.2. The van der Waals surface area contributed by atoms with Crippen molar-refractivity contribution in [2.45, 2.75) is 13.0 Å². The molecule has 1 aromatic heterocycles. The van der Waals surface area contributed by atoms with E-state index in [0.29, 0.717) is 6.04 Å². The fourth-order valence-electron chi connectivity index (χ4n) is 2.74. The summed E-state index contributed by atoms with van der Waals surface area (Å²) in [4.78, 5) is 13.5. The molecule has 1 aliphatic rings. The van der Waals surface area contributed by atoms with Crippen molar-refractivity contribution in [2.24, 2.45) is 0 Å². The van der Waals surface area contributed by atoms with Crippen LogP contribution in [0.3, 0.4) is 0 Å². The number of likely N-dealkylation sites (N-methyl/N-ethyl adjacent to an activating group) is 1. The molecule has 0 saturated carbocycles. The second-order valence-corrected chi connectivity index (χ2v) is 5.28. The van der Waals surface area contributed by atoms with Crippen molar-refractivity contribution in [2.75, 3.05) is 37.3 Å². The van der Waals surface area contributed by atoms with E-state index in [1.807, 2.05) is 18.2 Å². The van der Waals surface area contributed by atoms with Crippen LogP contribution in [0, 0.1) is 0 Å². The van der Waals surface area contributed by atoms with Crippen LogP contribution < -0.4 is 10.6 Å². The summed E-state index contributed by atoms with van der Waals surface area (Å²) in [6.45, 7) is 5.32. The average Bonchev–Trinajstić information content (AvgIpc) is 2.38. The number of rotatable bonds is 1. The van der Waals surface area contributed by atoms with E-state index < -0.39 is 0 Å². The van der Waals surface area contributed by atoms with E-state index in [2.05, 4.69) is 33.7 Å². The lowest BCUT2D eigenvalue weighted by Gasteiger charge is -2.39. The molecule has 5 nitrogen and oxygen atoms in total. The Morgan fingerprint density at radius 3 is 2.89 bits per heavy atom. The van der Waals surface area contributed by atoms with Gasteiger partial charge in [-0.2, -0.15) is 0 Å². The highest BCUT2D eigenvalue weighted by molar-refractivity contribution is 5.91. The van der Waals surface area contributed by atoms with E-state index in [4.69, 9.17) is 5.73 Å². The SMILES string of the molecule is CC1CN(C)CCN1c1ncnc2ccc(N)cc12. The van der Waals surface area contributed by atoms with Gasteiger partial charge in [0.05, 0.1) is 5.52 Å². The number of hydrogen-bond acceptors (Lipinski definition) is 5. The molecule has 0 radical (unpaired) electrons. The first-order chi connectivity index (χ1) is 9.15. The summed E-state index contributed by atoms with van der Waals surface area (Å²) in [5, 5.41) is 1.04. The minimum atomic E-state index is 0.443. The van der Waals surface area contributed by atoms with Crippen LogP contribution in [0.4, 0.5) is 11.5 Å². The Bertz CT molecular complexity index is 597. The lowest BCUT2D eigenvalue weighted by atomic mass is 10.1. The molecule has 0 amide bonds. The molecule has 0 spiro atoms. The molecule has 1 atom stereocenters. The third kappa shape index (κ3) is 2.21. The van der Waals surface area contributed by atoms with Crippen LogP contribution in [0.25, 0.3) is 10.9 Å². The van der Waals surface area contributed by atoms with E-state index in [0.717, 1.165) is 42.0 Å². The Hall–Kier alpha value is -1.88. The van der Waals surface area contributed by atoms with E-state index in [9.17, 15) is 0 Å². The number of benzene rings is 1. The molecular weight excluding hydrogens is 238 g/mol. The first-order valence-corrected chi connectivity index (χ1v) is 6.60. The molecule has 3 rings (SSSR count). The quantitative estimate of drug-likeness (QED) is 0.782. The molecule has 0 bridgehead atoms. The fraction of sp³-hybridized carbons (Fsp3) is 0.429. The zero-order chi connectivity index (χ0) is 13.4. The molecule has 2 N–H and O–H groups in total. The third-order valence-corrected chi connectivity index (χ3v) is 3.74. The van der Waals surface area contributed by atoms with E-state index in [-0.39, 0.29) is 0 Å². The van der Waals surface area contributed by atoms with Crippen molar-refractivity contribution < 1.29 is 0 Å². The zero-order valence-electron chi connectivity index (χ0n) is 11.4. The minimum Gasteiger partial charge on any atom is -0.399 e. The van der Waals surface area contributed by atoms with Crippen molar-refractivity contribution in [3.8, 4) is 0 Å². The molecule has 1 aliphatic heterocycles. The molecular formula is C14H19N5. The smallest absolute Gasteiger partial charge is 0.140 e. The van der Waals surface area contributed by atoms with Gasteiger partial charge in [-0.15, -0.1) is 0 Å². The number of aromatic nitrogens is 2. The molecule has 19 heavy (non-hydrogen) atoms. The molecule has 5 heteroatoms. The van der Waals surface area contributed by atoms with E-state index >= 15 is 0 Å². The van der Waals surface area contributed by atoms with E-state index in [1.54, 1.807) is 6.33 Å². The highest BCUT2D eigenvalue weighted by Gasteiger charge is 2.24. The maximum absolute atomic E-state index is 5.90. The van der Waals surface area contributed by atoms with Gasteiger partial charge in [0.2, 0.25) is 0 Å². The molecule has 2 heterocycles. The molecule has 1 fully saturated rings. The maximum atomic E-state index is 5.90. The standard InChI is InChI=1S/C14H19N5/c1-10-8-18(2)5-6-19(10)14-12-7-11(15)3-4-13(12)16-9-17-14/h3-4,7,9-10H,5-6,8,15H2,1-2H3. The maximum Gasteiger partial charge on any atom is 0.140 e. The Kier molecular flexibility index (Phi) is 2.98. The summed E-state index contributed by atoms with van der Waals surface area (Å²) in [6, 6.07) is 6.25. The number of piperazine rings is 1. The number of fused-ring (bicyclic) bond motifs is 1. The van der Waals surface area contributed by atoms with Crippen LogP contribution in [0.15, 0.2) is 24.5 Å². The summed E-state index contributed by atoms with van der Waals surface area (Å²) in [5.41, 5.74) is 7.60. The van der Waals surface area contributed by atoms with Crippen LogP contribution in [-0.4, -0.2) is 47.6 Å². The van der Waals surface area contributed by atoms with Crippen LogP contribution in [0.5, 0.6) is 0 Å². The molecule has 0 aliphatic carbocycles.